The number of para-hydroxylation sites is 2. The molecule has 3 rings (SSSR count). The van der Waals surface area contributed by atoms with Gasteiger partial charge >= 0.3 is 5.97 Å². The maximum Gasteiger partial charge on any atom is 0.317 e. The Hall–Kier alpha value is -2.60. The number of nitrogens with zero attached hydrogens (tertiary/aromatic N) is 1. The van der Waals surface area contributed by atoms with Crippen LogP contribution in [0.25, 0.3) is 11.1 Å². The van der Waals surface area contributed by atoms with E-state index in [4.69, 9.17) is 9.15 Å². The predicted molar refractivity (Wildman–Crippen MR) is 101 cm³/mol. The lowest BCUT2D eigenvalue weighted by Crippen LogP contribution is -2.26. The second-order valence-corrected chi connectivity index (χ2v) is 6.98. The topological polar surface area (TPSA) is 69.4 Å². The molecule has 0 radical (unpaired) electrons. The number of rotatable bonds is 6. The van der Waals surface area contributed by atoms with Crippen molar-refractivity contribution in [2.24, 2.45) is 0 Å². The molecule has 0 saturated carbocycles. The van der Waals surface area contributed by atoms with Gasteiger partial charge < -0.3 is 9.15 Å². The molecule has 1 heterocycles. The van der Waals surface area contributed by atoms with Crippen LogP contribution in [-0.4, -0.2) is 28.6 Å². The van der Waals surface area contributed by atoms with E-state index in [9.17, 15) is 9.59 Å². The number of carbonyl (C=O) groups is 2. The first-order valence-electron chi connectivity index (χ1n) is 8.23. The van der Waals surface area contributed by atoms with Crippen molar-refractivity contribution >= 4 is 34.6 Å². The van der Waals surface area contributed by atoms with Crippen LogP contribution in [-0.2, 0) is 9.53 Å². The molecule has 0 saturated heterocycles. The summed E-state index contributed by atoms with van der Waals surface area (Å²) in [4.78, 5) is 28.9. The number of oxazole rings is 1. The molecule has 26 heavy (non-hydrogen) atoms. The summed E-state index contributed by atoms with van der Waals surface area (Å²) in [5.74, 6) is -0.660. The van der Waals surface area contributed by atoms with E-state index in [1.54, 1.807) is 6.92 Å². The minimum absolute atomic E-state index is 0.0250. The number of fused-ring (bicyclic) bond motifs is 1. The second kappa shape index (κ2) is 7.74. The van der Waals surface area contributed by atoms with E-state index in [0.717, 1.165) is 28.4 Å². The lowest BCUT2D eigenvalue weighted by atomic mass is 9.99. The van der Waals surface area contributed by atoms with Crippen LogP contribution < -0.4 is 0 Å². The van der Waals surface area contributed by atoms with Gasteiger partial charge in [-0.25, -0.2) is 4.98 Å². The van der Waals surface area contributed by atoms with E-state index in [0.29, 0.717) is 16.4 Å². The van der Waals surface area contributed by atoms with Crippen LogP contribution in [0.3, 0.4) is 0 Å². The number of aryl methyl sites for hydroxylation is 2. The Morgan fingerprint density at radius 3 is 2.73 bits per heavy atom. The molecule has 1 atom stereocenters. The highest BCUT2D eigenvalue weighted by Crippen LogP contribution is 2.23. The van der Waals surface area contributed by atoms with Crippen molar-refractivity contribution in [1.29, 1.82) is 0 Å². The zero-order valence-corrected chi connectivity index (χ0v) is 15.6. The van der Waals surface area contributed by atoms with Gasteiger partial charge in [-0.1, -0.05) is 41.6 Å². The average Bonchev–Trinajstić information content (AvgIpc) is 3.04. The van der Waals surface area contributed by atoms with Crippen molar-refractivity contribution in [3.8, 4) is 0 Å². The van der Waals surface area contributed by atoms with Gasteiger partial charge in [-0.15, -0.1) is 0 Å². The van der Waals surface area contributed by atoms with Gasteiger partial charge in [-0.3, -0.25) is 9.59 Å². The number of Topliss-reactive ketones (excluding diaryl/α,β-unsaturated/α-hetero) is 1. The Balaban J connectivity index is 1.58. The number of hydrogen-bond donors (Lipinski definition) is 0. The van der Waals surface area contributed by atoms with Crippen molar-refractivity contribution in [1.82, 2.24) is 4.98 Å². The fourth-order valence-electron chi connectivity index (χ4n) is 2.54. The molecule has 3 aromatic rings. The van der Waals surface area contributed by atoms with Crippen LogP contribution >= 0.6 is 11.8 Å². The number of hydrogen-bond acceptors (Lipinski definition) is 6. The predicted octanol–water partition coefficient (Wildman–Crippen LogP) is 4.35. The summed E-state index contributed by atoms with van der Waals surface area (Å²) in [5.41, 5.74) is 3.84. The maximum absolute atomic E-state index is 12.5. The minimum atomic E-state index is -0.841. The molecule has 2 aromatic carbocycles. The summed E-state index contributed by atoms with van der Waals surface area (Å²) in [5, 5.41) is 0.400. The summed E-state index contributed by atoms with van der Waals surface area (Å²) in [6.45, 7) is 5.38. The Labute approximate surface area is 155 Å². The number of thioether (sulfide) groups is 1. The number of esters is 1. The van der Waals surface area contributed by atoms with Gasteiger partial charge in [-0.05, 0) is 44.5 Å². The smallest absolute Gasteiger partial charge is 0.317 e. The number of carbonyl (C=O) groups excluding carboxylic acids is 2. The molecule has 5 nitrogen and oxygen atoms in total. The molecule has 0 unspecified atom stereocenters. The first-order valence-corrected chi connectivity index (χ1v) is 9.22. The second-order valence-electron chi connectivity index (χ2n) is 6.05. The van der Waals surface area contributed by atoms with Crippen LogP contribution in [0.1, 0.15) is 28.4 Å². The molecule has 0 aliphatic heterocycles. The highest BCUT2D eigenvalue weighted by molar-refractivity contribution is 7.99. The first-order chi connectivity index (χ1) is 12.4. The SMILES string of the molecule is Cc1ccc(C)c(C(=O)[C@@H](C)OC(=O)CSc2nc3ccccc3o2)c1. The van der Waals surface area contributed by atoms with Crippen LogP contribution in [0.2, 0.25) is 0 Å². The van der Waals surface area contributed by atoms with Gasteiger partial charge in [0.15, 0.2) is 11.7 Å². The average molecular weight is 369 g/mol. The van der Waals surface area contributed by atoms with E-state index in [1.165, 1.54) is 0 Å². The molecular weight excluding hydrogens is 350 g/mol. The van der Waals surface area contributed by atoms with E-state index in [2.05, 4.69) is 4.98 Å². The van der Waals surface area contributed by atoms with Crippen molar-refractivity contribution in [3.05, 3.63) is 59.2 Å². The van der Waals surface area contributed by atoms with E-state index < -0.39 is 12.1 Å². The van der Waals surface area contributed by atoms with Gasteiger partial charge in [0, 0.05) is 5.56 Å². The van der Waals surface area contributed by atoms with Crippen molar-refractivity contribution in [3.63, 3.8) is 0 Å². The zero-order chi connectivity index (χ0) is 18.7. The summed E-state index contributed by atoms with van der Waals surface area (Å²) >= 11 is 1.15. The van der Waals surface area contributed by atoms with Crippen LogP contribution in [0.5, 0.6) is 0 Å². The standard InChI is InChI=1S/C20H19NO4S/c1-12-8-9-13(2)15(10-12)19(23)14(3)24-18(22)11-26-20-21-16-6-4-5-7-17(16)25-20/h4-10,14H,11H2,1-3H3/t14-/m1/s1. The summed E-state index contributed by atoms with van der Waals surface area (Å²) in [6, 6.07) is 13.0. The molecule has 0 bridgehead atoms. The number of ketones is 1. The monoisotopic (exact) mass is 369 g/mol. The van der Waals surface area contributed by atoms with E-state index >= 15 is 0 Å². The number of aromatic nitrogens is 1. The molecule has 6 heteroatoms. The summed E-state index contributed by atoms with van der Waals surface area (Å²) in [6.07, 6.45) is -0.841. The Morgan fingerprint density at radius 2 is 1.96 bits per heavy atom. The fourth-order valence-corrected chi connectivity index (χ4v) is 3.16. The molecule has 1 aromatic heterocycles. The summed E-state index contributed by atoms with van der Waals surface area (Å²) < 4.78 is 10.8. The molecule has 134 valence electrons. The summed E-state index contributed by atoms with van der Waals surface area (Å²) in [7, 11) is 0. The Morgan fingerprint density at radius 1 is 1.19 bits per heavy atom. The Bertz CT molecular complexity index is 930. The van der Waals surface area contributed by atoms with Crippen LogP contribution in [0, 0.1) is 13.8 Å². The Kier molecular flexibility index (Phi) is 5.42. The third-order valence-corrected chi connectivity index (χ3v) is 4.73. The number of ether oxygens (including phenoxy) is 1. The van der Waals surface area contributed by atoms with Gasteiger partial charge in [-0.2, -0.15) is 0 Å². The van der Waals surface area contributed by atoms with Crippen LogP contribution in [0.15, 0.2) is 52.1 Å². The lowest BCUT2D eigenvalue weighted by Gasteiger charge is -2.14. The fraction of sp³-hybridized carbons (Fsp3) is 0.250. The highest BCUT2D eigenvalue weighted by Gasteiger charge is 2.21. The third-order valence-electron chi connectivity index (χ3n) is 3.92. The largest absolute Gasteiger partial charge is 0.454 e. The number of benzene rings is 2. The zero-order valence-electron chi connectivity index (χ0n) is 14.8. The van der Waals surface area contributed by atoms with E-state index in [1.807, 2.05) is 56.3 Å². The van der Waals surface area contributed by atoms with Crippen molar-refractivity contribution in [2.75, 3.05) is 5.75 Å². The molecule has 0 N–H and O–H groups in total. The van der Waals surface area contributed by atoms with Gasteiger partial charge in [0.05, 0.1) is 0 Å². The van der Waals surface area contributed by atoms with Crippen molar-refractivity contribution in [2.45, 2.75) is 32.1 Å². The van der Waals surface area contributed by atoms with Crippen LogP contribution in [0.4, 0.5) is 0 Å². The van der Waals surface area contributed by atoms with E-state index in [-0.39, 0.29) is 11.5 Å². The molecule has 0 fully saturated rings. The maximum atomic E-state index is 12.5. The lowest BCUT2D eigenvalue weighted by molar-refractivity contribution is -0.143. The minimum Gasteiger partial charge on any atom is -0.454 e. The van der Waals surface area contributed by atoms with Crippen molar-refractivity contribution < 1.29 is 18.7 Å². The molecule has 0 spiro atoms. The third kappa shape index (κ3) is 4.14. The molecular formula is C20H19NO4S. The highest BCUT2D eigenvalue weighted by atomic mass is 32.2. The molecule has 0 aliphatic carbocycles. The van der Waals surface area contributed by atoms with Gasteiger partial charge in [0.1, 0.15) is 11.3 Å². The normalized spacial score (nSPS) is 12.1. The molecule has 0 aliphatic rings. The van der Waals surface area contributed by atoms with Gasteiger partial charge in [0.25, 0.3) is 5.22 Å². The van der Waals surface area contributed by atoms with Gasteiger partial charge in [0.2, 0.25) is 5.78 Å². The quantitative estimate of drug-likeness (QED) is 0.365. The molecule has 0 amide bonds. The first kappa shape index (κ1) is 18.2.